The first-order valence-electron chi connectivity index (χ1n) is 7.22. The predicted octanol–water partition coefficient (Wildman–Crippen LogP) is 1.69. The summed E-state index contributed by atoms with van der Waals surface area (Å²) in [6.45, 7) is 0.872. The minimum absolute atomic E-state index is 0.0425. The first-order valence-corrected chi connectivity index (χ1v) is 7.22. The van der Waals surface area contributed by atoms with Crippen LogP contribution < -0.4 is 11.0 Å². The summed E-state index contributed by atoms with van der Waals surface area (Å²) in [5.41, 5.74) is 2.48. The average Bonchev–Trinajstić information content (AvgIpc) is 2.84. The van der Waals surface area contributed by atoms with E-state index in [2.05, 4.69) is 10.3 Å². The number of hydrogen-bond donors (Lipinski definition) is 2. The third-order valence-electron chi connectivity index (χ3n) is 3.55. The van der Waals surface area contributed by atoms with Crippen LogP contribution in [0.25, 0.3) is 11.0 Å². The number of para-hydroxylation sites is 2. The number of nitrogens with one attached hydrogen (secondary N) is 2. The Morgan fingerprint density at radius 1 is 1.05 bits per heavy atom. The van der Waals surface area contributed by atoms with Gasteiger partial charge in [-0.1, -0.05) is 42.5 Å². The quantitative estimate of drug-likeness (QED) is 0.752. The molecule has 2 aromatic carbocycles. The Balaban J connectivity index is 1.59. The van der Waals surface area contributed by atoms with E-state index in [1.54, 1.807) is 4.57 Å². The van der Waals surface area contributed by atoms with E-state index in [0.29, 0.717) is 19.5 Å². The van der Waals surface area contributed by atoms with Crippen LogP contribution in [0.2, 0.25) is 0 Å². The van der Waals surface area contributed by atoms with E-state index in [1.165, 1.54) is 0 Å². The standard InChI is InChI=1S/C17H17N3O2/c21-16(12-13-6-2-1-3-7-13)18-10-11-20-15-9-5-4-8-14(15)19-17(20)22/h1-9H,10-12H2,(H,18,21)(H,19,22). The molecule has 2 N–H and O–H groups in total. The Kier molecular flexibility index (Phi) is 4.05. The van der Waals surface area contributed by atoms with E-state index in [9.17, 15) is 9.59 Å². The van der Waals surface area contributed by atoms with E-state index in [-0.39, 0.29) is 11.6 Å². The first-order chi connectivity index (χ1) is 10.7. The number of nitrogens with zero attached hydrogens (tertiary/aromatic N) is 1. The van der Waals surface area contributed by atoms with Gasteiger partial charge >= 0.3 is 5.69 Å². The topological polar surface area (TPSA) is 66.9 Å². The zero-order valence-corrected chi connectivity index (χ0v) is 12.1. The molecule has 1 heterocycles. The number of imidazole rings is 1. The second kappa shape index (κ2) is 6.30. The molecule has 0 fully saturated rings. The Labute approximate surface area is 127 Å². The highest BCUT2D eigenvalue weighted by Gasteiger charge is 2.06. The van der Waals surface area contributed by atoms with Crippen LogP contribution in [-0.2, 0) is 17.8 Å². The maximum Gasteiger partial charge on any atom is 0.326 e. The lowest BCUT2D eigenvalue weighted by Gasteiger charge is -2.06. The number of rotatable bonds is 5. The summed E-state index contributed by atoms with van der Waals surface area (Å²) in [4.78, 5) is 26.6. The highest BCUT2D eigenvalue weighted by molar-refractivity contribution is 5.78. The van der Waals surface area contributed by atoms with Crippen molar-refractivity contribution in [2.75, 3.05) is 6.54 Å². The van der Waals surface area contributed by atoms with E-state index in [0.717, 1.165) is 16.6 Å². The highest BCUT2D eigenvalue weighted by atomic mass is 16.2. The van der Waals surface area contributed by atoms with Gasteiger partial charge in [-0.2, -0.15) is 0 Å². The number of H-pyrrole nitrogens is 1. The van der Waals surface area contributed by atoms with Crippen molar-refractivity contribution in [3.05, 3.63) is 70.6 Å². The number of amides is 1. The number of aromatic nitrogens is 2. The minimum atomic E-state index is -0.154. The number of hydrogen-bond acceptors (Lipinski definition) is 2. The molecule has 0 spiro atoms. The average molecular weight is 295 g/mol. The minimum Gasteiger partial charge on any atom is -0.354 e. The summed E-state index contributed by atoms with van der Waals surface area (Å²) in [5.74, 6) is -0.0425. The number of carbonyl (C=O) groups is 1. The number of aromatic amines is 1. The van der Waals surface area contributed by atoms with Crippen molar-refractivity contribution >= 4 is 16.9 Å². The van der Waals surface area contributed by atoms with E-state index in [1.807, 2.05) is 54.6 Å². The monoisotopic (exact) mass is 295 g/mol. The summed E-state index contributed by atoms with van der Waals surface area (Å²) in [6.07, 6.45) is 0.351. The molecule has 0 atom stereocenters. The molecule has 0 radical (unpaired) electrons. The van der Waals surface area contributed by atoms with Gasteiger partial charge in [-0.05, 0) is 17.7 Å². The van der Waals surface area contributed by atoms with E-state index in [4.69, 9.17) is 0 Å². The summed E-state index contributed by atoms with van der Waals surface area (Å²) < 4.78 is 1.64. The summed E-state index contributed by atoms with van der Waals surface area (Å²) in [5, 5.41) is 2.85. The zero-order valence-electron chi connectivity index (χ0n) is 12.1. The maximum absolute atomic E-state index is 11.9. The van der Waals surface area contributed by atoms with Crippen molar-refractivity contribution < 1.29 is 4.79 Å². The number of carbonyl (C=O) groups excluding carboxylic acids is 1. The summed E-state index contributed by atoms with van der Waals surface area (Å²) in [7, 11) is 0. The van der Waals surface area contributed by atoms with Crippen molar-refractivity contribution in [1.29, 1.82) is 0 Å². The van der Waals surface area contributed by atoms with E-state index >= 15 is 0 Å². The largest absolute Gasteiger partial charge is 0.354 e. The van der Waals surface area contributed by atoms with Crippen molar-refractivity contribution in [3.8, 4) is 0 Å². The second-order valence-corrected chi connectivity index (χ2v) is 5.11. The lowest BCUT2D eigenvalue weighted by Crippen LogP contribution is -2.31. The van der Waals surface area contributed by atoms with Crippen LogP contribution in [-0.4, -0.2) is 22.0 Å². The van der Waals surface area contributed by atoms with Crippen LogP contribution in [0.3, 0.4) is 0 Å². The van der Waals surface area contributed by atoms with Gasteiger partial charge in [0.05, 0.1) is 17.5 Å². The number of fused-ring (bicyclic) bond motifs is 1. The fourth-order valence-corrected chi connectivity index (χ4v) is 2.48. The van der Waals surface area contributed by atoms with Crippen LogP contribution in [0, 0.1) is 0 Å². The molecule has 0 aliphatic rings. The van der Waals surface area contributed by atoms with Crippen LogP contribution >= 0.6 is 0 Å². The normalized spacial score (nSPS) is 10.7. The fourth-order valence-electron chi connectivity index (χ4n) is 2.48. The molecule has 3 rings (SSSR count). The molecule has 22 heavy (non-hydrogen) atoms. The van der Waals surface area contributed by atoms with Crippen LogP contribution in [0.1, 0.15) is 5.56 Å². The van der Waals surface area contributed by atoms with Gasteiger partial charge in [-0.25, -0.2) is 4.79 Å². The highest BCUT2D eigenvalue weighted by Crippen LogP contribution is 2.08. The Hall–Kier alpha value is -2.82. The molecule has 5 nitrogen and oxygen atoms in total. The SMILES string of the molecule is O=C(Cc1ccccc1)NCCn1c(=O)[nH]c2ccccc21. The molecule has 5 heteroatoms. The van der Waals surface area contributed by atoms with Crippen molar-refractivity contribution in [3.63, 3.8) is 0 Å². The fraction of sp³-hybridized carbons (Fsp3) is 0.176. The van der Waals surface area contributed by atoms with Gasteiger partial charge in [0.25, 0.3) is 0 Å². The molecule has 0 saturated heterocycles. The zero-order chi connectivity index (χ0) is 15.4. The van der Waals surface area contributed by atoms with Crippen LogP contribution in [0.5, 0.6) is 0 Å². The van der Waals surface area contributed by atoms with Gasteiger partial charge in [-0.15, -0.1) is 0 Å². The summed E-state index contributed by atoms with van der Waals surface area (Å²) in [6, 6.07) is 17.1. The van der Waals surface area contributed by atoms with Crippen molar-refractivity contribution in [1.82, 2.24) is 14.9 Å². The Morgan fingerprint density at radius 3 is 2.59 bits per heavy atom. The molecule has 3 aromatic rings. The second-order valence-electron chi connectivity index (χ2n) is 5.11. The Bertz CT molecular complexity index is 834. The lowest BCUT2D eigenvalue weighted by atomic mass is 10.1. The molecule has 1 amide bonds. The van der Waals surface area contributed by atoms with E-state index < -0.39 is 0 Å². The van der Waals surface area contributed by atoms with Gasteiger partial charge in [0, 0.05) is 13.1 Å². The van der Waals surface area contributed by atoms with Crippen molar-refractivity contribution in [2.24, 2.45) is 0 Å². The van der Waals surface area contributed by atoms with Gasteiger partial charge in [0.1, 0.15) is 0 Å². The van der Waals surface area contributed by atoms with Crippen LogP contribution in [0.15, 0.2) is 59.4 Å². The molecular weight excluding hydrogens is 278 g/mol. The van der Waals surface area contributed by atoms with Crippen LogP contribution in [0.4, 0.5) is 0 Å². The maximum atomic E-state index is 11.9. The van der Waals surface area contributed by atoms with Gasteiger partial charge in [0.2, 0.25) is 5.91 Å². The molecule has 0 aliphatic heterocycles. The predicted molar refractivity (Wildman–Crippen MR) is 85.7 cm³/mol. The molecule has 0 saturated carbocycles. The molecule has 0 bridgehead atoms. The molecule has 0 unspecified atom stereocenters. The van der Waals surface area contributed by atoms with Crippen molar-refractivity contribution in [2.45, 2.75) is 13.0 Å². The lowest BCUT2D eigenvalue weighted by molar-refractivity contribution is -0.120. The molecule has 1 aromatic heterocycles. The molecule has 112 valence electrons. The molecular formula is C17H17N3O2. The number of benzene rings is 2. The third kappa shape index (κ3) is 3.09. The smallest absolute Gasteiger partial charge is 0.326 e. The third-order valence-corrected chi connectivity index (χ3v) is 3.55. The van der Waals surface area contributed by atoms with Gasteiger partial charge in [0.15, 0.2) is 0 Å². The first kappa shape index (κ1) is 14.1. The summed E-state index contributed by atoms with van der Waals surface area (Å²) >= 11 is 0. The van der Waals surface area contributed by atoms with Gasteiger partial charge < -0.3 is 10.3 Å². The Morgan fingerprint density at radius 2 is 1.77 bits per heavy atom. The van der Waals surface area contributed by atoms with Gasteiger partial charge in [-0.3, -0.25) is 9.36 Å². The molecule has 0 aliphatic carbocycles.